The van der Waals surface area contributed by atoms with Gasteiger partial charge < -0.3 is 5.73 Å². The van der Waals surface area contributed by atoms with Gasteiger partial charge in [-0.1, -0.05) is 38.1 Å². The maximum absolute atomic E-state index is 12.2. The van der Waals surface area contributed by atoms with Gasteiger partial charge in [0.05, 0.1) is 4.90 Å². The van der Waals surface area contributed by atoms with Crippen LogP contribution < -0.4 is 10.5 Å². The van der Waals surface area contributed by atoms with Crippen molar-refractivity contribution < 1.29 is 8.42 Å². The monoisotopic (exact) mass is 304 g/mol. The molecule has 112 valence electrons. The molecule has 0 aliphatic rings. The van der Waals surface area contributed by atoms with Crippen LogP contribution in [0.2, 0.25) is 0 Å². The van der Waals surface area contributed by atoms with Gasteiger partial charge in [0.2, 0.25) is 10.0 Å². The van der Waals surface area contributed by atoms with E-state index in [-0.39, 0.29) is 11.4 Å². The van der Waals surface area contributed by atoms with Gasteiger partial charge in [-0.25, -0.2) is 13.1 Å². The molecule has 21 heavy (non-hydrogen) atoms. The molecular formula is C16H20N2O2S. The summed E-state index contributed by atoms with van der Waals surface area (Å²) in [6.07, 6.45) is 0. The first-order chi connectivity index (χ1) is 9.88. The molecule has 0 aromatic heterocycles. The second kappa shape index (κ2) is 6.28. The second-order valence-corrected chi connectivity index (χ2v) is 7.06. The Kier molecular flexibility index (Phi) is 4.65. The van der Waals surface area contributed by atoms with Crippen molar-refractivity contribution in [2.24, 2.45) is 0 Å². The molecule has 0 radical (unpaired) electrons. The molecule has 0 atom stereocenters. The summed E-state index contributed by atoms with van der Waals surface area (Å²) in [5, 5.41) is 0. The molecule has 0 saturated carbocycles. The topological polar surface area (TPSA) is 72.2 Å². The fourth-order valence-electron chi connectivity index (χ4n) is 2.00. The first kappa shape index (κ1) is 15.5. The van der Waals surface area contributed by atoms with Crippen molar-refractivity contribution in [1.29, 1.82) is 0 Å². The Hall–Kier alpha value is -1.85. The number of nitrogens with two attached hydrogens (primary N) is 1. The van der Waals surface area contributed by atoms with Crippen LogP contribution in [0.15, 0.2) is 53.4 Å². The van der Waals surface area contributed by atoms with Crippen molar-refractivity contribution in [3.8, 4) is 0 Å². The fraction of sp³-hybridized carbons (Fsp3) is 0.250. The van der Waals surface area contributed by atoms with E-state index in [9.17, 15) is 8.42 Å². The Balaban J connectivity index is 2.11. The van der Waals surface area contributed by atoms with Crippen LogP contribution in [0.25, 0.3) is 0 Å². The summed E-state index contributed by atoms with van der Waals surface area (Å²) >= 11 is 0. The van der Waals surface area contributed by atoms with E-state index >= 15 is 0 Å². The molecule has 0 spiro atoms. The lowest BCUT2D eigenvalue weighted by atomic mass is 10.0. The van der Waals surface area contributed by atoms with E-state index in [1.807, 2.05) is 18.2 Å². The van der Waals surface area contributed by atoms with Gasteiger partial charge in [0.25, 0.3) is 0 Å². The molecule has 0 fully saturated rings. The molecule has 2 rings (SSSR count). The Morgan fingerprint density at radius 2 is 1.76 bits per heavy atom. The van der Waals surface area contributed by atoms with E-state index in [0.717, 1.165) is 11.1 Å². The maximum Gasteiger partial charge on any atom is 0.240 e. The number of anilines is 1. The molecule has 0 unspecified atom stereocenters. The highest BCUT2D eigenvalue weighted by Crippen LogP contribution is 2.17. The van der Waals surface area contributed by atoms with Gasteiger partial charge in [-0.05, 0) is 41.3 Å². The summed E-state index contributed by atoms with van der Waals surface area (Å²) in [5.41, 5.74) is 8.24. The average molecular weight is 304 g/mol. The molecule has 4 nitrogen and oxygen atoms in total. The molecule has 5 heteroatoms. The van der Waals surface area contributed by atoms with E-state index in [2.05, 4.69) is 18.6 Å². The Bertz CT molecular complexity index is 707. The van der Waals surface area contributed by atoms with Crippen LogP contribution in [0, 0.1) is 0 Å². The molecule has 0 aliphatic heterocycles. The first-order valence-electron chi connectivity index (χ1n) is 6.82. The number of sulfonamides is 1. The highest BCUT2D eigenvalue weighted by molar-refractivity contribution is 7.89. The summed E-state index contributed by atoms with van der Waals surface area (Å²) in [7, 11) is -3.50. The molecule has 3 N–H and O–H groups in total. The van der Waals surface area contributed by atoms with Crippen LogP contribution in [-0.4, -0.2) is 8.42 Å². The molecule has 0 saturated heterocycles. The Labute approximate surface area is 126 Å². The number of nitrogens with one attached hydrogen (secondary N) is 1. The fourth-order valence-corrected chi connectivity index (χ4v) is 3.01. The molecule has 0 bridgehead atoms. The lowest BCUT2D eigenvalue weighted by Crippen LogP contribution is -2.23. The number of benzene rings is 2. The summed E-state index contributed by atoms with van der Waals surface area (Å²) < 4.78 is 27.0. The lowest BCUT2D eigenvalue weighted by Gasteiger charge is -2.09. The zero-order valence-electron chi connectivity index (χ0n) is 12.2. The van der Waals surface area contributed by atoms with Gasteiger partial charge in [-0.15, -0.1) is 0 Å². The van der Waals surface area contributed by atoms with E-state index in [4.69, 9.17) is 5.73 Å². The summed E-state index contributed by atoms with van der Waals surface area (Å²) in [4.78, 5) is 0.274. The van der Waals surface area contributed by atoms with Crippen LogP contribution >= 0.6 is 0 Å². The van der Waals surface area contributed by atoms with Crippen molar-refractivity contribution in [3.05, 3.63) is 59.7 Å². The molecule has 0 aliphatic carbocycles. The number of hydrogen-bond acceptors (Lipinski definition) is 3. The van der Waals surface area contributed by atoms with Crippen molar-refractivity contribution >= 4 is 15.7 Å². The Morgan fingerprint density at radius 3 is 2.33 bits per heavy atom. The van der Waals surface area contributed by atoms with Gasteiger partial charge >= 0.3 is 0 Å². The summed E-state index contributed by atoms with van der Waals surface area (Å²) in [6.45, 7) is 4.36. The van der Waals surface area contributed by atoms with E-state index in [0.29, 0.717) is 11.6 Å². The minimum absolute atomic E-state index is 0.222. The lowest BCUT2D eigenvalue weighted by molar-refractivity contribution is 0.581. The largest absolute Gasteiger partial charge is 0.399 e. The average Bonchev–Trinajstić information content (AvgIpc) is 2.45. The van der Waals surface area contributed by atoms with Gasteiger partial charge in [0.1, 0.15) is 0 Å². The molecule has 0 heterocycles. The van der Waals surface area contributed by atoms with E-state index < -0.39 is 10.0 Å². The highest BCUT2D eigenvalue weighted by Gasteiger charge is 2.13. The van der Waals surface area contributed by atoms with Gasteiger partial charge in [-0.2, -0.15) is 0 Å². The first-order valence-corrected chi connectivity index (χ1v) is 8.31. The van der Waals surface area contributed by atoms with Crippen LogP contribution in [0.5, 0.6) is 0 Å². The standard InChI is InChI=1S/C16H20N2O2S/c1-12(2)14-6-8-16(9-7-14)21(19,20)18-11-13-4-3-5-15(17)10-13/h3-10,12,18H,11,17H2,1-2H3. The molecule has 2 aromatic rings. The maximum atomic E-state index is 12.2. The van der Waals surface area contributed by atoms with Gasteiger partial charge in [0.15, 0.2) is 0 Å². The normalized spacial score (nSPS) is 11.8. The van der Waals surface area contributed by atoms with Crippen LogP contribution in [0.4, 0.5) is 5.69 Å². The van der Waals surface area contributed by atoms with Crippen LogP contribution in [0.3, 0.4) is 0 Å². The Morgan fingerprint density at radius 1 is 1.10 bits per heavy atom. The van der Waals surface area contributed by atoms with E-state index in [1.54, 1.807) is 30.3 Å². The zero-order chi connectivity index (χ0) is 15.5. The van der Waals surface area contributed by atoms with E-state index in [1.165, 1.54) is 0 Å². The van der Waals surface area contributed by atoms with Crippen molar-refractivity contribution in [2.75, 3.05) is 5.73 Å². The number of hydrogen-bond donors (Lipinski definition) is 2. The second-order valence-electron chi connectivity index (χ2n) is 5.29. The number of nitrogen functional groups attached to an aromatic ring is 1. The minimum atomic E-state index is -3.50. The van der Waals surface area contributed by atoms with Crippen molar-refractivity contribution in [1.82, 2.24) is 4.72 Å². The third kappa shape index (κ3) is 4.06. The predicted octanol–water partition coefficient (Wildman–Crippen LogP) is 2.87. The highest BCUT2D eigenvalue weighted by atomic mass is 32.2. The SMILES string of the molecule is CC(C)c1ccc(S(=O)(=O)NCc2cccc(N)c2)cc1. The number of rotatable bonds is 5. The third-order valence-corrected chi connectivity index (χ3v) is 4.69. The van der Waals surface area contributed by atoms with Crippen molar-refractivity contribution in [2.45, 2.75) is 31.2 Å². The quantitative estimate of drug-likeness (QED) is 0.834. The predicted molar refractivity (Wildman–Crippen MR) is 85.4 cm³/mol. The van der Waals surface area contributed by atoms with Gasteiger partial charge in [0, 0.05) is 12.2 Å². The summed E-state index contributed by atoms with van der Waals surface area (Å²) in [6, 6.07) is 14.1. The molecular weight excluding hydrogens is 284 g/mol. The summed E-state index contributed by atoms with van der Waals surface area (Å²) in [5.74, 6) is 0.377. The van der Waals surface area contributed by atoms with Crippen LogP contribution in [0.1, 0.15) is 30.9 Å². The zero-order valence-corrected chi connectivity index (χ0v) is 13.0. The van der Waals surface area contributed by atoms with Crippen LogP contribution in [-0.2, 0) is 16.6 Å². The minimum Gasteiger partial charge on any atom is -0.399 e. The smallest absolute Gasteiger partial charge is 0.240 e. The molecule has 0 amide bonds. The van der Waals surface area contributed by atoms with Gasteiger partial charge in [-0.3, -0.25) is 0 Å². The molecule has 2 aromatic carbocycles. The third-order valence-electron chi connectivity index (χ3n) is 3.27. The van der Waals surface area contributed by atoms with Crippen molar-refractivity contribution in [3.63, 3.8) is 0 Å².